The summed E-state index contributed by atoms with van der Waals surface area (Å²) in [6.45, 7) is 0.576. The van der Waals surface area contributed by atoms with E-state index < -0.39 is 0 Å². The minimum absolute atomic E-state index is 0.138. The van der Waals surface area contributed by atoms with Crippen molar-refractivity contribution in [3.8, 4) is 23.0 Å². The van der Waals surface area contributed by atoms with E-state index in [1.807, 2.05) is 18.2 Å². The zero-order valence-corrected chi connectivity index (χ0v) is 16.2. The Balaban J connectivity index is 1.31. The summed E-state index contributed by atoms with van der Waals surface area (Å²) in [4.78, 5) is 25.0. The van der Waals surface area contributed by atoms with Crippen LogP contribution in [0.15, 0.2) is 36.4 Å². The molecule has 2 atom stereocenters. The molecule has 0 saturated heterocycles. The van der Waals surface area contributed by atoms with Gasteiger partial charge in [0.1, 0.15) is 11.5 Å². The number of fused-ring (bicyclic) bond motifs is 1. The second-order valence-electron chi connectivity index (χ2n) is 6.91. The summed E-state index contributed by atoms with van der Waals surface area (Å²) in [5.74, 6) is 1.47. The molecule has 8 heteroatoms. The van der Waals surface area contributed by atoms with Crippen LogP contribution < -0.4 is 29.6 Å². The van der Waals surface area contributed by atoms with Gasteiger partial charge in [-0.2, -0.15) is 0 Å². The molecule has 1 fully saturated rings. The third kappa shape index (κ3) is 4.06. The molecule has 2 amide bonds. The lowest BCUT2D eigenvalue weighted by molar-refractivity contribution is -0.125. The lowest BCUT2D eigenvalue weighted by atomic mass is 10.2. The van der Waals surface area contributed by atoms with E-state index in [0.29, 0.717) is 41.7 Å². The van der Waals surface area contributed by atoms with Gasteiger partial charge < -0.3 is 29.6 Å². The molecule has 152 valence electrons. The summed E-state index contributed by atoms with van der Waals surface area (Å²) in [5, 5.41) is 5.71. The van der Waals surface area contributed by atoms with Gasteiger partial charge in [0, 0.05) is 12.6 Å². The molecule has 4 rings (SSSR count). The van der Waals surface area contributed by atoms with Crippen molar-refractivity contribution in [2.24, 2.45) is 11.8 Å². The number of methoxy groups -OCH3 is 2. The van der Waals surface area contributed by atoms with Crippen molar-refractivity contribution < 1.29 is 28.5 Å². The average molecular weight is 398 g/mol. The van der Waals surface area contributed by atoms with E-state index in [4.69, 9.17) is 18.9 Å². The van der Waals surface area contributed by atoms with E-state index in [0.717, 1.165) is 5.56 Å². The summed E-state index contributed by atoms with van der Waals surface area (Å²) < 4.78 is 21.1. The normalized spacial score (nSPS) is 18.7. The summed E-state index contributed by atoms with van der Waals surface area (Å²) in [5.41, 5.74) is 1.42. The summed E-state index contributed by atoms with van der Waals surface area (Å²) in [6, 6.07) is 10.7. The Morgan fingerprint density at radius 2 is 1.79 bits per heavy atom. The summed E-state index contributed by atoms with van der Waals surface area (Å²) in [6.07, 6.45) is 0.519. The quantitative estimate of drug-likeness (QED) is 0.743. The average Bonchev–Trinajstić information content (AvgIpc) is 3.42. The largest absolute Gasteiger partial charge is 0.497 e. The van der Waals surface area contributed by atoms with Gasteiger partial charge in [0.15, 0.2) is 11.5 Å². The van der Waals surface area contributed by atoms with Crippen LogP contribution in [-0.4, -0.2) is 32.8 Å². The molecular formula is C21H22N2O6. The Morgan fingerprint density at radius 3 is 2.59 bits per heavy atom. The maximum Gasteiger partial charge on any atom is 0.231 e. The topological polar surface area (TPSA) is 95.1 Å². The molecule has 2 N–H and O–H groups in total. The van der Waals surface area contributed by atoms with Gasteiger partial charge in [0.05, 0.1) is 31.7 Å². The fourth-order valence-corrected chi connectivity index (χ4v) is 3.28. The fraction of sp³-hybridized carbons (Fsp3) is 0.333. The Kier molecular flexibility index (Phi) is 5.16. The van der Waals surface area contributed by atoms with Gasteiger partial charge in [0.2, 0.25) is 18.6 Å². The van der Waals surface area contributed by atoms with Gasteiger partial charge in [-0.15, -0.1) is 0 Å². The Morgan fingerprint density at radius 1 is 1.00 bits per heavy atom. The van der Waals surface area contributed by atoms with E-state index in [-0.39, 0.29) is 30.4 Å². The van der Waals surface area contributed by atoms with Crippen molar-refractivity contribution in [2.45, 2.75) is 13.0 Å². The third-order valence-electron chi connectivity index (χ3n) is 5.03. The second kappa shape index (κ2) is 7.90. The monoisotopic (exact) mass is 398 g/mol. The van der Waals surface area contributed by atoms with Crippen LogP contribution in [0.4, 0.5) is 5.69 Å². The predicted octanol–water partition coefficient (Wildman–Crippen LogP) is 2.32. The van der Waals surface area contributed by atoms with Gasteiger partial charge in [-0.3, -0.25) is 9.59 Å². The molecule has 0 spiro atoms. The molecule has 1 aliphatic carbocycles. The Labute approximate surface area is 168 Å². The van der Waals surface area contributed by atoms with Gasteiger partial charge in [0.25, 0.3) is 0 Å². The highest BCUT2D eigenvalue weighted by Gasteiger charge is 2.48. The SMILES string of the molecule is COc1ccc(OC)c(NC(=O)C2CC2C(=O)NCc2ccc3c(c2)OCO3)c1. The van der Waals surface area contributed by atoms with E-state index in [1.54, 1.807) is 25.3 Å². The zero-order chi connectivity index (χ0) is 20.4. The first-order valence-electron chi connectivity index (χ1n) is 9.28. The molecule has 1 heterocycles. The molecule has 2 aromatic carbocycles. The molecule has 29 heavy (non-hydrogen) atoms. The van der Waals surface area contributed by atoms with Gasteiger partial charge in [-0.05, 0) is 36.2 Å². The van der Waals surface area contributed by atoms with Crippen LogP contribution in [0.5, 0.6) is 23.0 Å². The van der Waals surface area contributed by atoms with E-state index in [2.05, 4.69) is 10.6 Å². The first-order valence-corrected chi connectivity index (χ1v) is 9.28. The number of rotatable bonds is 7. The maximum atomic E-state index is 12.5. The van der Waals surface area contributed by atoms with Gasteiger partial charge in [-0.25, -0.2) is 0 Å². The van der Waals surface area contributed by atoms with Crippen molar-refractivity contribution in [1.82, 2.24) is 5.32 Å². The molecule has 0 aromatic heterocycles. The predicted molar refractivity (Wildman–Crippen MR) is 104 cm³/mol. The number of carbonyl (C=O) groups excluding carboxylic acids is 2. The number of benzene rings is 2. The number of anilines is 1. The molecule has 2 aliphatic rings. The number of hydrogen-bond acceptors (Lipinski definition) is 6. The van der Waals surface area contributed by atoms with Crippen LogP contribution in [-0.2, 0) is 16.1 Å². The molecular weight excluding hydrogens is 376 g/mol. The van der Waals surface area contributed by atoms with Crippen LogP contribution in [0.2, 0.25) is 0 Å². The standard InChI is InChI=1S/C21H22N2O6/c1-26-13-4-6-17(27-2)16(8-13)23-21(25)15-9-14(15)20(24)22-10-12-3-5-18-19(7-12)29-11-28-18/h3-8,14-15H,9-11H2,1-2H3,(H,22,24)(H,23,25). The van der Waals surface area contributed by atoms with Crippen molar-refractivity contribution >= 4 is 17.5 Å². The number of nitrogens with one attached hydrogen (secondary N) is 2. The van der Waals surface area contributed by atoms with Crippen molar-refractivity contribution in [3.05, 3.63) is 42.0 Å². The highest BCUT2D eigenvalue weighted by molar-refractivity contribution is 6.00. The first kappa shape index (κ1) is 18.9. The lowest BCUT2D eigenvalue weighted by Crippen LogP contribution is -2.27. The molecule has 2 unspecified atom stereocenters. The molecule has 1 aliphatic heterocycles. The van der Waals surface area contributed by atoms with Crippen LogP contribution in [0.1, 0.15) is 12.0 Å². The van der Waals surface area contributed by atoms with Gasteiger partial charge in [-0.1, -0.05) is 6.07 Å². The molecule has 1 saturated carbocycles. The number of hydrogen-bond donors (Lipinski definition) is 2. The van der Waals surface area contributed by atoms with E-state index in [9.17, 15) is 9.59 Å². The maximum absolute atomic E-state index is 12.5. The van der Waals surface area contributed by atoms with Crippen molar-refractivity contribution in [1.29, 1.82) is 0 Å². The van der Waals surface area contributed by atoms with Crippen LogP contribution in [0, 0.1) is 11.8 Å². The minimum atomic E-state index is -0.359. The van der Waals surface area contributed by atoms with Crippen molar-refractivity contribution in [3.63, 3.8) is 0 Å². The number of carbonyl (C=O) groups is 2. The molecule has 0 radical (unpaired) electrons. The van der Waals surface area contributed by atoms with Crippen LogP contribution in [0.3, 0.4) is 0 Å². The first-order chi connectivity index (χ1) is 14.1. The Hall–Kier alpha value is -3.42. The van der Waals surface area contributed by atoms with Crippen molar-refractivity contribution in [2.75, 3.05) is 26.3 Å². The third-order valence-corrected chi connectivity index (χ3v) is 5.03. The summed E-state index contributed by atoms with van der Waals surface area (Å²) >= 11 is 0. The molecule has 2 aromatic rings. The van der Waals surface area contributed by atoms with E-state index in [1.165, 1.54) is 7.11 Å². The minimum Gasteiger partial charge on any atom is -0.497 e. The molecule has 0 bridgehead atoms. The smallest absolute Gasteiger partial charge is 0.231 e. The van der Waals surface area contributed by atoms with Gasteiger partial charge >= 0.3 is 0 Å². The fourth-order valence-electron chi connectivity index (χ4n) is 3.28. The van der Waals surface area contributed by atoms with E-state index >= 15 is 0 Å². The Bertz CT molecular complexity index is 945. The molecule has 8 nitrogen and oxygen atoms in total. The zero-order valence-electron chi connectivity index (χ0n) is 16.2. The van der Waals surface area contributed by atoms with Crippen LogP contribution >= 0.6 is 0 Å². The second-order valence-corrected chi connectivity index (χ2v) is 6.91. The lowest BCUT2D eigenvalue weighted by Gasteiger charge is -2.12. The number of ether oxygens (including phenoxy) is 4. The summed E-state index contributed by atoms with van der Waals surface area (Å²) in [7, 11) is 3.08. The highest BCUT2D eigenvalue weighted by atomic mass is 16.7. The number of amides is 2. The van der Waals surface area contributed by atoms with Crippen LogP contribution in [0.25, 0.3) is 0 Å². The highest BCUT2D eigenvalue weighted by Crippen LogP contribution is 2.40.